The summed E-state index contributed by atoms with van der Waals surface area (Å²) in [5.41, 5.74) is 0.465. The van der Waals surface area contributed by atoms with Crippen LogP contribution < -0.4 is 15.4 Å². The van der Waals surface area contributed by atoms with Gasteiger partial charge >= 0.3 is 0 Å². The molecule has 0 unspecified atom stereocenters. The van der Waals surface area contributed by atoms with Crippen molar-refractivity contribution >= 4 is 23.2 Å². The molecule has 1 aliphatic rings. The molecule has 2 atom stereocenters. The van der Waals surface area contributed by atoms with E-state index in [0.29, 0.717) is 23.9 Å². The number of thiazole rings is 1. The molecule has 2 N–H and O–H groups in total. The third-order valence-corrected chi connectivity index (χ3v) is 5.50. The van der Waals surface area contributed by atoms with Crippen molar-refractivity contribution in [2.45, 2.75) is 38.6 Å². The van der Waals surface area contributed by atoms with Gasteiger partial charge in [0.2, 0.25) is 0 Å². The van der Waals surface area contributed by atoms with Gasteiger partial charge in [-0.3, -0.25) is 9.59 Å². The number of carbonyl (C=O) groups is 2. The number of halogens is 1. The van der Waals surface area contributed by atoms with Crippen LogP contribution in [0.1, 0.15) is 41.2 Å². The molecular formula is C20H24FN3O3S. The first-order valence-electron chi connectivity index (χ1n) is 9.37. The molecule has 0 aliphatic heterocycles. The van der Waals surface area contributed by atoms with Gasteiger partial charge in [0.05, 0.1) is 5.01 Å². The van der Waals surface area contributed by atoms with Gasteiger partial charge in [0, 0.05) is 24.0 Å². The van der Waals surface area contributed by atoms with Gasteiger partial charge in [0.15, 0.2) is 6.61 Å². The van der Waals surface area contributed by atoms with E-state index < -0.39 is 5.82 Å². The Balaban J connectivity index is 1.39. The highest BCUT2D eigenvalue weighted by atomic mass is 32.1. The molecule has 1 fully saturated rings. The van der Waals surface area contributed by atoms with Gasteiger partial charge in [0.25, 0.3) is 11.8 Å². The topological polar surface area (TPSA) is 80.3 Å². The number of hydrogen-bond donors (Lipinski definition) is 2. The van der Waals surface area contributed by atoms with Gasteiger partial charge in [-0.05, 0) is 44.2 Å². The van der Waals surface area contributed by atoms with E-state index >= 15 is 0 Å². The van der Waals surface area contributed by atoms with E-state index in [9.17, 15) is 14.0 Å². The van der Waals surface area contributed by atoms with Crippen LogP contribution in [-0.2, 0) is 4.79 Å². The van der Waals surface area contributed by atoms with Crippen LogP contribution in [0, 0.1) is 18.7 Å². The van der Waals surface area contributed by atoms with Crippen molar-refractivity contribution in [2.75, 3.05) is 13.2 Å². The van der Waals surface area contributed by atoms with E-state index in [4.69, 9.17) is 4.74 Å². The summed E-state index contributed by atoms with van der Waals surface area (Å²) >= 11 is 1.46. The number of nitrogens with zero attached hydrogens (tertiary/aromatic N) is 1. The van der Waals surface area contributed by atoms with E-state index in [2.05, 4.69) is 15.6 Å². The predicted octanol–water partition coefficient (Wildman–Crippen LogP) is 3.07. The molecule has 28 heavy (non-hydrogen) atoms. The Labute approximate surface area is 167 Å². The summed E-state index contributed by atoms with van der Waals surface area (Å²) in [7, 11) is 0. The van der Waals surface area contributed by atoms with Crippen LogP contribution in [-0.4, -0.2) is 36.0 Å². The zero-order valence-electron chi connectivity index (χ0n) is 15.7. The van der Waals surface area contributed by atoms with Crippen molar-refractivity contribution in [1.29, 1.82) is 0 Å². The van der Waals surface area contributed by atoms with Crippen molar-refractivity contribution in [2.24, 2.45) is 5.92 Å². The second-order valence-corrected chi connectivity index (χ2v) is 8.07. The van der Waals surface area contributed by atoms with Crippen molar-refractivity contribution < 1.29 is 18.7 Å². The number of benzene rings is 1. The SMILES string of the molecule is Cc1nc(C(=O)N[C@H]2CCC[C@@H](CNC(=O)COc3cccc(F)c3)C2)cs1. The fourth-order valence-corrected chi connectivity index (χ4v) is 3.94. The number of aromatic nitrogens is 1. The average Bonchev–Trinajstić information content (AvgIpc) is 3.12. The lowest BCUT2D eigenvalue weighted by Gasteiger charge is -2.29. The van der Waals surface area contributed by atoms with Gasteiger partial charge in [-0.15, -0.1) is 11.3 Å². The summed E-state index contributed by atoms with van der Waals surface area (Å²) in [6, 6.07) is 5.79. The fourth-order valence-electron chi connectivity index (χ4n) is 3.35. The Hall–Kier alpha value is -2.48. The Bertz CT molecular complexity index is 827. The first-order valence-corrected chi connectivity index (χ1v) is 10.3. The number of amides is 2. The zero-order chi connectivity index (χ0) is 19.9. The Morgan fingerprint density at radius 2 is 2.21 bits per heavy atom. The standard InChI is InChI=1S/C20H24FN3O3S/c1-13-23-18(12-28-13)20(26)24-16-6-2-4-14(8-16)10-22-19(25)11-27-17-7-3-5-15(21)9-17/h3,5,7,9,12,14,16H,2,4,6,8,10-11H2,1H3,(H,22,25)(H,24,26)/t14-,16+/m1/s1. The maximum absolute atomic E-state index is 13.1. The van der Waals surface area contributed by atoms with Crippen LogP contribution in [0.3, 0.4) is 0 Å². The summed E-state index contributed by atoms with van der Waals surface area (Å²) in [5, 5.41) is 8.55. The number of aryl methyl sites for hydroxylation is 1. The molecule has 2 amide bonds. The Kier molecular flexibility index (Phi) is 6.97. The van der Waals surface area contributed by atoms with Crippen LogP contribution in [0.5, 0.6) is 5.75 Å². The fraction of sp³-hybridized carbons (Fsp3) is 0.450. The summed E-state index contributed by atoms with van der Waals surface area (Å²) in [6.45, 7) is 2.26. The molecule has 0 saturated heterocycles. The summed E-state index contributed by atoms with van der Waals surface area (Å²) in [5.74, 6) is -0.154. The molecule has 1 aromatic carbocycles. The van der Waals surface area contributed by atoms with Crippen LogP contribution in [0.4, 0.5) is 4.39 Å². The third kappa shape index (κ3) is 6.02. The van der Waals surface area contributed by atoms with Gasteiger partial charge in [0.1, 0.15) is 17.3 Å². The van der Waals surface area contributed by atoms with Crippen molar-refractivity contribution in [3.05, 3.63) is 46.2 Å². The molecule has 1 saturated carbocycles. The number of carbonyl (C=O) groups excluding carboxylic acids is 2. The average molecular weight is 405 g/mol. The molecule has 0 spiro atoms. The molecule has 0 bridgehead atoms. The maximum Gasteiger partial charge on any atom is 0.270 e. The highest BCUT2D eigenvalue weighted by Gasteiger charge is 2.24. The lowest BCUT2D eigenvalue weighted by molar-refractivity contribution is -0.123. The number of ether oxygens (including phenoxy) is 1. The normalized spacial score (nSPS) is 19.1. The van der Waals surface area contributed by atoms with Crippen LogP contribution in [0.2, 0.25) is 0 Å². The molecule has 2 aromatic rings. The highest BCUT2D eigenvalue weighted by Crippen LogP contribution is 2.24. The Morgan fingerprint density at radius 3 is 2.96 bits per heavy atom. The lowest BCUT2D eigenvalue weighted by Crippen LogP contribution is -2.41. The number of rotatable bonds is 7. The van der Waals surface area contributed by atoms with E-state index in [1.165, 1.54) is 29.5 Å². The maximum atomic E-state index is 13.1. The second kappa shape index (κ2) is 9.64. The minimum absolute atomic E-state index is 0.0914. The first kappa shape index (κ1) is 20.3. The monoisotopic (exact) mass is 405 g/mol. The van der Waals surface area contributed by atoms with E-state index in [1.807, 2.05) is 6.92 Å². The van der Waals surface area contributed by atoms with Crippen LogP contribution in [0.15, 0.2) is 29.6 Å². The molecule has 1 aromatic heterocycles. The second-order valence-electron chi connectivity index (χ2n) is 7.00. The first-order chi connectivity index (χ1) is 13.5. The van der Waals surface area contributed by atoms with E-state index in [0.717, 1.165) is 30.7 Å². The van der Waals surface area contributed by atoms with Crippen molar-refractivity contribution in [3.8, 4) is 5.75 Å². The third-order valence-electron chi connectivity index (χ3n) is 4.72. The lowest BCUT2D eigenvalue weighted by atomic mass is 9.85. The van der Waals surface area contributed by atoms with Crippen LogP contribution >= 0.6 is 11.3 Å². The summed E-state index contributed by atoms with van der Waals surface area (Å²) < 4.78 is 18.4. The van der Waals surface area contributed by atoms with Gasteiger partial charge < -0.3 is 15.4 Å². The molecule has 1 aliphatic carbocycles. The molecule has 8 heteroatoms. The summed E-state index contributed by atoms with van der Waals surface area (Å²) in [6.07, 6.45) is 3.76. The van der Waals surface area contributed by atoms with Gasteiger partial charge in [-0.2, -0.15) is 0 Å². The van der Waals surface area contributed by atoms with E-state index in [-0.39, 0.29) is 24.5 Å². The molecular weight excluding hydrogens is 381 g/mol. The molecule has 0 radical (unpaired) electrons. The molecule has 150 valence electrons. The van der Waals surface area contributed by atoms with Crippen LogP contribution in [0.25, 0.3) is 0 Å². The molecule has 1 heterocycles. The van der Waals surface area contributed by atoms with Crippen molar-refractivity contribution in [3.63, 3.8) is 0 Å². The summed E-state index contributed by atoms with van der Waals surface area (Å²) in [4.78, 5) is 28.5. The largest absolute Gasteiger partial charge is 0.484 e. The number of hydrogen-bond acceptors (Lipinski definition) is 5. The highest BCUT2D eigenvalue weighted by molar-refractivity contribution is 7.09. The van der Waals surface area contributed by atoms with E-state index in [1.54, 1.807) is 11.4 Å². The van der Waals surface area contributed by atoms with Crippen molar-refractivity contribution in [1.82, 2.24) is 15.6 Å². The van der Waals surface area contributed by atoms with Gasteiger partial charge in [-0.25, -0.2) is 9.37 Å². The smallest absolute Gasteiger partial charge is 0.270 e. The minimum atomic E-state index is -0.402. The zero-order valence-corrected chi connectivity index (χ0v) is 16.6. The quantitative estimate of drug-likeness (QED) is 0.742. The minimum Gasteiger partial charge on any atom is -0.484 e. The molecule has 3 rings (SSSR count). The van der Waals surface area contributed by atoms with Gasteiger partial charge in [-0.1, -0.05) is 12.5 Å². The predicted molar refractivity (Wildman–Crippen MR) is 105 cm³/mol. The molecule has 6 nitrogen and oxygen atoms in total. The Morgan fingerprint density at radius 1 is 1.36 bits per heavy atom. The number of nitrogens with one attached hydrogen (secondary N) is 2.